The Kier molecular flexibility index (Phi) is 9.98. The summed E-state index contributed by atoms with van der Waals surface area (Å²) in [6.45, 7) is 8.60. The van der Waals surface area contributed by atoms with Crippen molar-refractivity contribution >= 4 is 46.4 Å². The van der Waals surface area contributed by atoms with Crippen LogP contribution in [0, 0.1) is 0 Å². The van der Waals surface area contributed by atoms with Crippen LogP contribution in [0.15, 0.2) is 10.4 Å². The molecule has 1 saturated heterocycles. The minimum atomic E-state index is 0. The number of hydrogen-bond donors (Lipinski definition) is 2. The van der Waals surface area contributed by atoms with E-state index in [1.165, 1.54) is 0 Å². The minimum Gasteiger partial charge on any atom is -0.379 e. The van der Waals surface area contributed by atoms with Crippen LogP contribution in [0.1, 0.15) is 19.5 Å². The van der Waals surface area contributed by atoms with Gasteiger partial charge in [-0.15, -0.1) is 35.3 Å². The van der Waals surface area contributed by atoms with Crippen LogP contribution >= 0.6 is 35.3 Å². The van der Waals surface area contributed by atoms with Crippen LogP contribution < -0.4 is 15.5 Å². The highest BCUT2D eigenvalue weighted by molar-refractivity contribution is 14.0. The van der Waals surface area contributed by atoms with E-state index in [1.807, 2.05) is 19.0 Å². The van der Waals surface area contributed by atoms with Crippen molar-refractivity contribution in [3.63, 3.8) is 0 Å². The molecule has 1 aromatic heterocycles. The average molecular weight is 482 g/mol. The number of guanidine groups is 1. The van der Waals surface area contributed by atoms with Gasteiger partial charge in [-0.05, 0) is 13.8 Å². The lowest BCUT2D eigenvalue weighted by molar-refractivity contribution is -0.0174. The summed E-state index contributed by atoms with van der Waals surface area (Å²) < 4.78 is 5.51. The summed E-state index contributed by atoms with van der Waals surface area (Å²) in [5.41, 5.74) is 1.03. The van der Waals surface area contributed by atoms with Gasteiger partial charge in [0, 0.05) is 51.7 Å². The second kappa shape index (κ2) is 11.1. The Morgan fingerprint density at radius 1 is 1.52 bits per heavy atom. The van der Waals surface area contributed by atoms with E-state index in [2.05, 4.69) is 44.7 Å². The zero-order chi connectivity index (χ0) is 17.5. The van der Waals surface area contributed by atoms with Gasteiger partial charge in [0.1, 0.15) is 0 Å². The van der Waals surface area contributed by atoms with Crippen LogP contribution in [0.2, 0.25) is 0 Å². The van der Waals surface area contributed by atoms with Crippen LogP contribution in [-0.2, 0) is 11.3 Å². The van der Waals surface area contributed by atoms with E-state index in [-0.39, 0.29) is 24.0 Å². The Morgan fingerprint density at radius 3 is 2.88 bits per heavy atom. The van der Waals surface area contributed by atoms with Crippen molar-refractivity contribution in [2.45, 2.75) is 32.5 Å². The molecule has 1 aliphatic heterocycles. The molecule has 0 spiro atoms. The van der Waals surface area contributed by atoms with E-state index in [9.17, 15) is 0 Å². The fraction of sp³-hybridized carbons (Fsp3) is 0.750. The van der Waals surface area contributed by atoms with E-state index in [4.69, 9.17) is 4.74 Å². The van der Waals surface area contributed by atoms with E-state index >= 15 is 0 Å². The van der Waals surface area contributed by atoms with Crippen molar-refractivity contribution in [1.29, 1.82) is 0 Å². The van der Waals surface area contributed by atoms with Gasteiger partial charge in [0.2, 0.25) is 0 Å². The first-order valence-electron chi connectivity index (χ1n) is 8.41. The van der Waals surface area contributed by atoms with Gasteiger partial charge in [0.15, 0.2) is 11.1 Å². The normalized spacial score (nSPS) is 19.9. The molecule has 7 nitrogen and oxygen atoms in total. The van der Waals surface area contributed by atoms with E-state index in [0.29, 0.717) is 18.6 Å². The zero-order valence-corrected chi connectivity index (χ0v) is 18.9. The first-order valence-corrected chi connectivity index (χ1v) is 9.29. The summed E-state index contributed by atoms with van der Waals surface area (Å²) in [6.07, 6.45) is 0. The highest BCUT2D eigenvalue weighted by Crippen LogP contribution is 2.17. The number of anilines is 1. The first-order chi connectivity index (χ1) is 11.5. The van der Waals surface area contributed by atoms with Gasteiger partial charge in [-0.2, -0.15) is 0 Å². The molecule has 144 valence electrons. The molecule has 0 radical (unpaired) electrons. The van der Waals surface area contributed by atoms with E-state index < -0.39 is 0 Å². The van der Waals surface area contributed by atoms with Gasteiger partial charge < -0.3 is 20.3 Å². The fourth-order valence-electron chi connectivity index (χ4n) is 2.73. The highest BCUT2D eigenvalue weighted by atomic mass is 127. The number of nitrogens with one attached hydrogen (secondary N) is 2. The Hall–Kier alpha value is -0.650. The summed E-state index contributed by atoms with van der Waals surface area (Å²) in [5, 5.41) is 9.83. The van der Waals surface area contributed by atoms with Gasteiger partial charge in [0.25, 0.3) is 0 Å². The molecule has 0 aliphatic carbocycles. The molecule has 25 heavy (non-hydrogen) atoms. The second-order valence-electron chi connectivity index (χ2n) is 6.33. The van der Waals surface area contributed by atoms with Gasteiger partial charge in [-0.3, -0.25) is 9.89 Å². The van der Waals surface area contributed by atoms with Crippen LogP contribution in [0.25, 0.3) is 0 Å². The maximum atomic E-state index is 5.51. The smallest absolute Gasteiger partial charge is 0.191 e. The predicted molar refractivity (Wildman–Crippen MR) is 117 cm³/mol. The first kappa shape index (κ1) is 22.4. The Labute approximate surface area is 172 Å². The summed E-state index contributed by atoms with van der Waals surface area (Å²) in [6, 6.07) is 0.895. The molecule has 2 N–H and O–H groups in total. The largest absolute Gasteiger partial charge is 0.379 e. The quantitative estimate of drug-likeness (QED) is 0.365. The van der Waals surface area contributed by atoms with Crippen LogP contribution in [-0.4, -0.2) is 75.4 Å². The minimum absolute atomic E-state index is 0. The van der Waals surface area contributed by atoms with Gasteiger partial charge in [-0.25, -0.2) is 4.98 Å². The number of aromatic nitrogens is 1. The third-order valence-electron chi connectivity index (χ3n) is 4.13. The molecule has 2 unspecified atom stereocenters. The Bertz CT molecular complexity index is 538. The van der Waals surface area contributed by atoms with Crippen molar-refractivity contribution in [2.24, 2.45) is 4.99 Å². The van der Waals surface area contributed by atoms with E-state index in [0.717, 1.165) is 43.1 Å². The molecule has 0 bridgehead atoms. The Morgan fingerprint density at radius 2 is 2.28 bits per heavy atom. The number of ether oxygens (including phenoxy) is 1. The number of aliphatic imine (C=N–C) groups is 1. The van der Waals surface area contributed by atoms with Crippen molar-refractivity contribution in [3.05, 3.63) is 11.1 Å². The molecule has 2 heterocycles. The lowest BCUT2D eigenvalue weighted by Gasteiger charge is -2.38. The molecule has 1 fully saturated rings. The molecule has 9 heteroatoms. The molecular formula is C16H31IN6OS. The second-order valence-corrected chi connectivity index (χ2v) is 7.17. The van der Waals surface area contributed by atoms with Crippen LogP contribution in [0.4, 0.5) is 5.13 Å². The van der Waals surface area contributed by atoms with E-state index in [1.54, 1.807) is 18.4 Å². The zero-order valence-electron chi connectivity index (χ0n) is 15.8. The summed E-state index contributed by atoms with van der Waals surface area (Å²) >= 11 is 1.65. The third-order valence-corrected chi connectivity index (χ3v) is 5.19. The topological polar surface area (TPSA) is 65.0 Å². The average Bonchev–Trinajstić information content (AvgIpc) is 3.04. The SMILES string of the molecule is CN=C(NCc1csc(N(C)C)n1)NCC(C)N1CCOCC1C.I. The predicted octanol–water partition coefficient (Wildman–Crippen LogP) is 1.60. The molecule has 2 atom stereocenters. The highest BCUT2D eigenvalue weighted by Gasteiger charge is 2.23. The molecule has 1 aromatic rings. The molecular weight excluding hydrogens is 451 g/mol. The Balaban J connectivity index is 0.00000312. The molecule has 2 rings (SSSR count). The number of nitrogens with zero attached hydrogens (tertiary/aromatic N) is 4. The van der Waals surface area contributed by atoms with Gasteiger partial charge >= 0.3 is 0 Å². The third kappa shape index (κ3) is 6.87. The lowest BCUT2D eigenvalue weighted by Crippen LogP contribution is -2.52. The molecule has 1 aliphatic rings. The summed E-state index contributed by atoms with van der Waals surface area (Å²) in [7, 11) is 5.80. The van der Waals surface area contributed by atoms with Crippen molar-refractivity contribution < 1.29 is 4.74 Å². The number of hydrogen-bond acceptors (Lipinski definition) is 6. The van der Waals surface area contributed by atoms with Gasteiger partial charge in [0.05, 0.1) is 25.5 Å². The van der Waals surface area contributed by atoms with Crippen LogP contribution in [0.3, 0.4) is 0 Å². The van der Waals surface area contributed by atoms with Crippen LogP contribution in [0.5, 0.6) is 0 Å². The summed E-state index contributed by atoms with van der Waals surface area (Å²) in [4.78, 5) is 13.4. The maximum absolute atomic E-state index is 5.51. The fourth-order valence-corrected chi connectivity index (χ4v) is 3.49. The standard InChI is InChI=1S/C16H30N6OS.HI/c1-12(22-6-7-23-10-13(22)2)8-18-15(17-3)19-9-14-11-24-16(20-14)21(4)5;/h11-13H,6-10H2,1-5H3,(H2,17,18,19);1H. The number of morpholine rings is 1. The lowest BCUT2D eigenvalue weighted by atomic mass is 10.2. The molecule has 0 aromatic carbocycles. The molecule has 0 amide bonds. The van der Waals surface area contributed by atoms with Gasteiger partial charge in [-0.1, -0.05) is 0 Å². The molecule has 0 saturated carbocycles. The number of thiazole rings is 1. The van der Waals surface area contributed by atoms with Crippen molar-refractivity contribution in [1.82, 2.24) is 20.5 Å². The number of halogens is 1. The maximum Gasteiger partial charge on any atom is 0.191 e. The summed E-state index contributed by atoms with van der Waals surface area (Å²) in [5.74, 6) is 0.808. The van der Waals surface area contributed by atoms with Crippen molar-refractivity contribution in [3.8, 4) is 0 Å². The monoisotopic (exact) mass is 482 g/mol. The number of rotatable bonds is 6. The van der Waals surface area contributed by atoms with Crippen molar-refractivity contribution in [2.75, 3.05) is 52.3 Å².